The van der Waals surface area contributed by atoms with Crippen LogP contribution in [0.1, 0.15) is 32.1 Å². The lowest BCUT2D eigenvalue weighted by Crippen LogP contribution is -2.43. The van der Waals surface area contributed by atoms with Crippen LogP contribution in [0.2, 0.25) is 0 Å². The van der Waals surface area contributed by atoms with Crippen LogP contribution in [-0.2, 0) is 4.79 Å². The smallest absolute Gasteiger partial charge is 0.222 e. The molecule has 3 nitrogen and oxygen atoms in total. The first-order chi connectivity index (χ1) is 6.79. The van der Waals surface area contributed by atoms with Crippen LogP contribution in [0.4, 0.5) is 0 Å². The number of likely N-dealkylation sites (tertiary alicyclic amines) is 1. The minimum Gasteiger partial charge on any atom is -0.341 e. The van der Waals surface area contributed by atoms with Crippen LogP contribution < -0.4 is 0 Å². The molecule has 1 aliphatic carbocycles. The molecule has 0 N–H and O–H groups in total. The Balaban J connectivity index is 1.87. The third-order valence-corrected chi connectivity index (χ3v) is 3.39. The highest BCUT2D eigenvalue weighted by Crippen LogP contribution is 2.28. The van der Waals surface area contributed by atoms with E-state index in [1.54, 1.807) is 0 Å². The van der Waals surface area contributed by atoms with Gasteiger partial charge in [0.1, 0.15) is 0 Å². The molecule has 1 aliphatic heterocycles. The Kier molecular flexibility index (Phi) is 2.72. The van der Waals surface area contributed by atoms with E-state index in [-0.39, 0.29) is 11.8 Å². The van der Waals surface area contributed by atoms with Crippen molar-refractivity contribution in [2.45, 2.75) is 32.1 Å². The molecule has 0 radical (unpaired) electrons. The largest absolute Gasteiger partial charge is 0.341 e. The van der Waals surface area contributed by atoms with Gasteiger partial charge in [0.25, 0.3) is 0 Å². The summed E-state index contributed by atoms with van der Waals surface area (Å²) >= 11 is 0. The van der Waals surface area contributed by atoms with Crippen molar-refractivity contribution < 1.29 is 4.79 Å². The van der Waals surface area contributed by atoms with Gasteiger partial charge in [0, 0.05) is 19.5 Å². The number of hydrogen-bond donors (Lipinski definition) is 0. The Morgan fingerprint density at radius 2 is 2.21 bits per heavy atom. The van der Waals surface area contributed by atoms with E-state index in [2.05, 4.69) is 6.07 Å². The van der Waals surface area contributed by atoms with Gasteiger partial charge >= 0.3 is 0 Å². The number of carbonyl (C=O) groups is 1. The second-order valence-corrected chi connectivity index (χ2v) is 4.46. The second-order valence-electron chi connectivity index (χ2n) is 4.46. The zero-order chi connectivity index (χ0) is 9.97. The fourth-order valence-electron chi connectivity index (χ4n) is 2.18. The molecule has 0 aromatic heterocycles. The van der Waals surface area contributed by atoms with E-state index in [1.165, 1.54) is 19.3 Å². The van der Waals surface area contributed by atoms with Crippen LogP contribution in [0.3, 0.4) is 0 Å². The van der Waals surface area contributed by atoms with Gasteiger partial charge in [-0.1, -0.05) is 6.42 Å². The topological polar surface area (TPSA) is 44.1 Å². The predicted octanol–water partition coefficient (Wildman–Crippen LogP) is 1.55. The summed E-state index contributed by atoms with van der Waals surface area (Å²) in [6, 6.07) is 2.27. The highest BCUT2D eigenvalue weighted by Gasteiger charge is 2.29. The molecule has 0 spiro atoms. The molecule has 2 fully saturated rings. The summed E-state index contributed by atoms with van der Waals surface area (Å²) in [5.74, 6) is 1.05. The Morgan fingerprint density at radius 3 is 2.79 bits per heavy atom. The average Bonchev–Trinajstić information content (AvgIpc) is 2.14. The van der Waals surface area contributed by atoms with Crippen molar-refractivity contribution in [1.82, 2.24) is 4.90 Å². The van der Waals surface area contributed by atoms with E-state index in [0.717, 1.165) is 18.9 Å². The quantitative estimate of drug-likeness (QED) is 0.666. The van der Waals surface area contributed by atoms with Crippen LogP contribution in [0.25, 0.3) is 0 Å². The van der Waals surface area contributed by atoms with E-state index in [9.17, 15) is 4.79 Å². The van der Waals surface area contributed by atoms with Gasteiger partial charge in [-0.05, 0) is 25.2 Å². The minimum absolute atomic E-state index is 0.0766. The molecule has 1 unspecified atom stereocenters. The van der Waals surface area contributed by atoms with Crippen molar-refractivity contribution in [2.75, 3.05) is 13.1 Å². The number of carbonyl (C=O) groups excluding carboxylic acids is 1. The SMILES string of the molecule is N#CC1CCC(=O)N(CC2CCC2)C1. The highest BCUT2D eigenvalue weighted by molar-refractivity contribution is 5.77. The molecule has 1 saturated heterocycles. The Labute approximate surface area is 84.7 Å². The standard InChI is InChI=1S/C11H16N2O/c12-6-10-4-5-11(14)13(8-10)7-9-2-1-3-9/h9-10H,1-5,7-8H2. The highest BCUT2D eigenvalue weighted by atomic mass is 16.2. The maximum absolute atomic E-state index is 11.5. The fourth-order valence-corrected chi connectivity index (χ4v) is 2.18. The molecular formula is C11H16N2O. The Morgan fingerprint density at radius 1 is 1.43 bits per heavy atom. The van der Waals surface area contributed by atoms with E-state index < -0.39 is 0 Å². The first-order valence-corrected chi connectivity index (χ1v) is 5.47. The zero-order valence-electron chi connectivity index (χ0n) is 8.41. The Hall–Kier alpha value is -1.04. The number of rotatable bonds is 2. The summed E-state index contributed by atoms with van der Waals surface area (Å²) in [7, 11) is 0. The lowest BCUT2D eigenvalue weighted by Gasteiger charge is -2.35. The van der Waals surface area contributed by atoms with E-state index in [4.69, 9.17) is 5.26 Å². The van der Waals surface area contributed by atoms with Gasteiger partial charge in [0.2, 0.25) is 5.91 Å². The number of nitriles is 1. The Bertz CT molecular complexity index is 265. The zero-order valence-corrected chi connectivity index (χ0v) is 8.41. The normalized spacial score (nSPS) is 28.4. The average molecular weight is 192 g/mol. The third-order valence-electron chi connectivity index (χ3n) is 3.39. The lowest BCUT2D eigenvalue weighted by molar-refractivity contribution is -0.135. The van der Waals surface area contributed by atoms with Gasteiger partial charge in [0.15, 0.2) is 0 Å². The van der Waals surface area contributed by atoms with Crippen molar-refractivity contribution in [2.24, 2.45) is 11.8 Å². The first-order valence-electron chi connectivity index (χ1n) is 5.47. The minimum atomic E-state index is 0.0766. The number of piperidine rings is 1. The van der Waals surface area contributed by atoms with Crippen LogP contribution in [-0.4, -0.2) is 23.9 Å². The maximum Gasteiger partial charge on any atom is 0.222 e. The molecule has 2 aliphatic rings. The summed E-state index contributed by atoms with van der Waals surface area (Å²) in [4.78, 5) is 13.5. The summed E-state index contributed by atoms with van der Waals surface area (Å²) in [5.41, 5.74) is 0. The predicted molar refractivity (Wildman–Crippen MR) is 52.3 cm³/mol. The molecular weight excluding hydrogens is 176 g/mol. The first kappa shape index (κ1) is 9.51. The van der Waals surface area contributed by atoms with Crippen molar-refractivity contribution >= 4 is 5.91 Å². The molecule has 0 bridgehead atoms. The molecule has 0 aromatic rings. The van der Waals surface area contributed by atoms with Crippen molar-refractivity contribution in [3.8, 4) is 6.07 Å². The van der Waals surface area contributed by atoms with E-state index in [1.807, 2.05) is 4.90 Å². The lowest BCUT2D eigenvalue weighted by atomic mass is 9.84. The number of nitrogens with zero attached hydrogens (tertiary/aromatic N) is 2. The molecule has 2 rings (SSSR count). The molecule has 1 heterocycles. The molecule has 1 atom stereocenters. The maximum atomic E-state index is 11.5. The summed E-state index contributed by atoms with van der Waals surface area (Å²) in [6.07, 6.45) is 5.18. The monoisotopic (exact) mass is 192 g/mol. The van der Waals surface area contributed by atoms with Crippen LogP contribution in [0.15, 0.2) is 0 Å². The molecule has 0 aromatic carbocycles. The summed E-state index contributed by atoms with van der Waals surface area (Å²) in [5, 5.41) is 8.81. The number of amides is 1. The summed E-state index contributed by atoms with van der Waals surface area (Å²) < 4.78 is 0. The second kappa shape index (κ2) is 4.00. The molecule has 3 heteroatoms. The van der Waals surface area contributed by atoms with Gasteiger partial charge < -0.3 is 4.90 Å². The number of hydrogen-bond acceptors (Lipinski definition) is 2. The van der Waals surface area contributed by atoms with Crippen molar-refractivity contribution in [3.63, 3.8) is 0 Å². The van der Waals surface area contributed by atoms with Crippen LogP contribution >= 0.6 is 0 Å². The third kappa shape index (κ3) is 1.89. The van der Waals surface area contributed by atoms with Crippen LogP contribution in [0.5, 0.6) is 0 Å². The van der Waals surface area contributed by atoms with Gasteiger partial charge in [-0.25, -0.2) is 0 Å². The van der Waals surface area contributed by atoms with E-state index in [0.29, 0.717) is 13.0 Å². The fraction of sp³-hybridized carbons (Fsp3) is 0.818. The van der Waals surface area contributed by atoms with Gasteiger partial charge in [-0.2, -0.15) is 5.26 Å². The molecule has 1 saturated carbocycles. The van der Waals surface area contributed by atoms with Crippen LogP contribution in [0, 0.1) is 23.2 Å². The summed E-state index contributed by atoms with van der Waals surface area (Å²) in [6.45, 7) is 1.57. The van der Waals surface area contributed by atoms with E-state index >= 15 is 0 Å². The van der Waals surface area contributed by atoms with Gasteiger partial charge in [0.05, 0.1) is 12.0 Å². The van der Waals surface area contributed by atoms with Gasteiger partial charge in [-0.15, -0.1) is 0 Å². The van der Waals surface area contributed by atoms with Gasteiger partial charge in [-0.3, -0.25) is 4.79 Å². The van der Waals surface area contributed by atoms with Crippen molar-refractivity contribution in [3.05, 3.63) is 0 Å². The molecule has 1 amide bonds. The molecule has 14 heavy (non-hydrogen) atoms. The molecule has 76 valence electrons. The van der Waals surface area contributed by atoms with Crippen molar-refractivity contribution in [1.29, 1.82) is 5.26 Å².